The van der Waals surface area contributed by atoms with Crippen LogP contribution in [0.25, 0.3) is 11.1 Å². The molecule has 5 heteroatoms. The minimum Gasteiger partial charge on any atom is -0.345 e. The van der Waals surface area contributed by atoms with Crippen LogP contribution in [0.1, 0.15) is 45.6 Å². The second-order valence-corrected chi connectivity index (χ2v) is 11.4. The predicted octanol–water partition coefficient (Wildman–Crippen LogP) is 7.35. The van der Waals surface area contributed by atoms with Gasteiger partial charge in [0.05, 0.1) is 6.54 Å². The summed E-state index contributed by atoms with van der Waals surface area (Å²) in [5.74, 6) is -0.133. The van der Waals surface area contributed by atoms with Crippen molar-refractivity contribution in [3.05, 3.63) is 155 Å². The van der Waals surface area contributed by atoms with Crippen molar-refractivity contribution in [3.63, 3.8) is 0 Å². The molecule has 5 nitrogen and oxygen atoms in total. The Bertz CT molecular complexity index is 1670. The van der Waals surface area contributed by atoms with E-state index < -0.39 is 0 Å². The number of aromatic nitrogens is 1. The number of hydrogen-bond acceptors (Lipinski definition) is 2. The molecule has 43 heavy (non-hydrogen) atoms. The SMILES string of the molecule is Cc1ccccc1Cn1cccc1CN(Cc1ccccc1)C(=O)CN(C(=O)c1ccc(-c2ccccc2)cc1)C1CC1. The highest BCUT2D eigenvalue weighted by Gasteiger charge is 2.35. The van der Waals surface area contributed by atoms with Crippen LogP contribution in [-0.4, -0.2) is 38.8 Å². The van der Waals surface area contributed by atoms with Crippen molar-refractivity contribution in [1.82, 2.24) is 14.4 Å². The molecule has 0 aliphatic heterocycles. The van der Waals surface area contributed by atoms with E-state index in [9.17, 15) is 9.59 Å². The smallest absolute Gasteiger partial charge is 0.254 e. The van der Waals surface area contributed by atoms with Gasteiger partial charge in [-0.05, 0) is 71.8 Å². The summed E-state index contributed by atoms with van der Waals surface area (Å²) in [6.07, 6.45) is 3.93. The minimum absolute atomic E-state index is 0.0475. The third-order valence-corrected chi connectivity index (χ3v) is 8.24. The highest BCUT2D eigenvalue weighted by Crippen LogP contribution is 2.29. The number of rotatable bonds is 11. The number of nitrogens with zero attached hydrogens (tertiary/aromatic N) is 3. The van der Waals surface area contributed by atoms with E-state index in [1.165, 1.54) is 11.1 Å². The maximum atomic E-state index is 14.0. The van der Waals surface area contributed by atoms with Crippen LogP contribution in [0.15, 0.2) is 128 Å². The van der Waals surface area contributed by atoms with E-state index >= 15 is 0 Å². The molecule has 5 aromatic rings. The second kappa shape index (κ2) is 13.0. The summed E-state index contributed by atoms with van der Waals surface area (Å²) in [6.45, 7) is 3.88. The summed E-state index contributed by atoms with van der Waals surface area (Å²) < 4.78 is 2.21. The average Bonchev–Trinajstić information content (AvgIpc) is 3.80. The molecule has 1 aliphatic carbocycles. The monoisotopic (exact) mass is 567 g/mol. The van der Waals surface area contributed by atoms with Gasteiger partial charge in [0, 0.05) is 36.6 Å². The lowest BCUT2D eigenvalue weighted by Gasteiger charge is -2.28. The van der Waals surface area contributed by atoms with E-state index in [1.807, 2.05) is 83.8 Å². The van der Waals surface area contributed by atoms with Crippen molar-refractivity contribution in [2.45, 2.75) is 45.4 Å². The first-order valence-corrected chi connectivity index (χ1v) is 15.0. The van der Waals surface area contributed by atoms with Crippen LogP contribution in [0, 0.1) is 6.92 Å². The lowest BCUT2D eigenvalue weighted by atomic mass is 10.0. The summed E-state index contributed by atoms with van der Waals surface area (Å²) in [6, 6.07) is 40.6. The summed E-state index contributed by atoms with van der Waals surface area (Å²) in [4.78, 5) is 31.5. The normalized spacial score (nSPS) is 12.6. The molecular formula is C38H37N3O2. The van der Waals surface area contributed by atoms with Gasteiger partial charge in [-0.2, -0.15) is 0 Å². The van der Waals surface area contributed by atoms with Gasteiger partial charge in [0.2, 0.25) is 5.91 Å². The van der Waals surface area contributed by atoms with Gasteiger partial charge in [-0.3, -0.25) is 9.59 Å². The first-order chi connectivity index (χ1) is 21.0. The highest BCUT2D eigenvalue weighted by molar-refractivity contribution is 5.97. The highest BCUT2D eigenvalue weighted by atomic mass is 16.2. The molecule has 0 bridgehead atoms. The van der Waals surface area contributed by atoms with E-state index in [0.29, 0.717) is 18.7 Å². The summed E-state index contributed by atoms with van der Waals surface area (Å²) in [5, 5.41) is 0. The van der Waals surface area contributed by atoms with Gasteiger partial charge >= 0.3 is 0 Å². The Morgan fingerprint density at radius 3 is 2.07 bits per heavy atom. The fraction of sp³-hybridized carbons (Fsp3) is 0.211. The van der Waals surface area contributed by atoms with E-state index in [1.54, 1.807) is 4.90 Å². The molecule has 0 atom stereocenters. The zero-order valence-corrected chi connectivity index (χ0v) is 24.6. The van der Waals surface area contributed by atoms with E-state index in [-0.39, 0.29) is 24.4 Å². The Morgan fingerprint density at radius 1 is 0.721 bits per heavy atom. The fourth-order valence-electron chi connectivity index (χ4n) is 5.55. The van der Waals surface area contributed by atoms with Crippen LogP contribution in [-0.2, 0) is 24.4 Å². The number of aryl methyl sites for hydroxylation is 1. The lowest BCUT2D eigenvalue weighted by Crippen LogP contribution is -2.43. The third-order valence-electron chi connectivity index (χ3n) is 8.24. The van der Waals surface area contributed by atoms with Crippen LogP contribution in [0.3, 0.4) is 0 Å². The van der Waals surface area contributed by atoms with Crippen molar-refractivity contribution >= 4 is 11.8 Å². The van der Waals surface area contributed by atoms with Gasteiger partial charge in [-0.25, -0.2) is 0 Å². The zero-order valence-electron chi connectivity index (χ0n) is 24.6. The molecule has 0 saturated heterocycles. The molecular weight excluding hydrogens is 530 g/mol. The van der Waals surface area contributed by atoms with Gasteiger partial charge in [0.25, 0.3) is 5.91 Å². The molecule has 216 valence electrons. The van der Waals surface area contributed by atoms with Crippen LogP contribution < -0.4 is 0 Å². The average molecular weight is 568 g/mol. The molecule has 0 N–H and O–H groups in total. The largest absolute Gasteiger partial charge is 0.345 e. The first kappa shape index (κ1) is 28.2. The van der Waals surface area contributed by atoms with E-state index in [2.05, 4.69) is 60.2 Å². The Labute approximate surface area is 254 Å². The quantitative estimate of drug-likeness (QED) is 0.168. The molecule has 1 heterocycles. The van der Waals surface area contributed by atoms with Crippen molar-refractivity contribution in [1.29, 1.82) is 0 Å². The van der Waals surface area contributed by atoms with Crippen molar-refractivity contribution in [3.8, 4) is 11.1 Å². The molecule has 4 aromatic carbocycles. The summed E-state index contributed by atoms with van der Waals surface area (Å²) in [7, 11) is 0. The molecule has 1 saturated carbocycles. The lowest BCUT2D eigenvalue weighted by molar-refractivity contribution is -0.133. The number of hydrogen-bond donors (Lipinski definition) is 0. The first-order valence-electron chi connectivity index (χ1n) is 15.0. The van der Waals surface area contributed by atoms with Crippen LogP contribution in [0.5, 0.6) is 0 Å². The zero-order chi connectivity index (χ0) is 29.6. The topological polar surface area (TPSA) is 45.6 Å². The van der Waals surface area contributed by atoms with Crippen molar-refractivity contribution in [2.24, 2.45) is 0 Å². The second-order valence-electron chi connectivity index (χ2n) is 11.4. The van der Waals surface area contributed by atoms with Gasteiger partial charge in [-0.15, -0.1) is 0 Å². The maximum Gasteiger partial charge on any atom is 0.254 e. The molecule has 1 fully saturated rings. The van der Waals surface area contributed by atoms with Crippen LogP contribution in [0.2, 0.25) is 0 Å². The number of carbonyl (C=O) groups is 2. The predicted molar refractivity (Wildman–Crippen MR) is 171 cm³/mol. The van der Waals surface area contributed by atoms with Crippen LogP contribution >= 0.6 is 0 Å². The van der Waals surface area contributed by atoms with E-state index in [0.717, 1.165) is 41.8 Å². The summed E-state index contributed by atoms with van der Waals surface area (Å²) >= 11 is 0. The Hall–Kier alpha value is -4.90. The standard InChI is InChI=1S/C38H37N3O2/c1-29-11-8-9-16-34(29)26-39-24-10-17-36(39)27-40(25-30-12-4-2-5-13-30)37(42)28-41(35-22-23-35)38(43)33-20-18-32(19-21-33)31-14-6-3-7-15-31/h2-21,24,35H,22-23,25-28H2,1H3. The molecule has 0 spiro atoms. The molecule has 1 aromatic heterocycles. The summed E-state index contributed by atoms with van der Waals surface area (Å²) in [5.41, 5.74) is 7.41. The van der Waals surface area contributed by atoms with Gasteiger partial charge in [0.15, 0.2) is 0 Å². The molecule has 2 amide bonds. The maximum absolute atomic E-state index is 14.0. The van der Waals surface area contributed by atoms with Gasteiger partial charge < -0.3 is 14.4 Å². The van der Waals surface area contributed by atoms with Gasteiger partial charge in [0.1, 0.15) is 6.54 Å². The molecule has 0 radical (unpaired) electrons. The Morgan fingerprint density at radius 2 is 1.37 bits per heavy atom. The number of carbonyl (C=O) groups excluding carboxylic acids is 2. The number of benzene rings is 4. The Kier molecular flexibility index (Phi) is 8.50. The van der Waals surface area contributed by atoms with Crippen LogP contribution in [0.4, 0.5) is 0 Å². The molecule has 1 aliphatic rings. The number of amides is 2. The van der Waals surface area contributed by atoms with Crippen molar-refractivity contribution < 1.29 is 9.59 Å². The van der Waals surface area contributed by atoms with Gasteiger partial charge in [-0.1, -0.05) is 97.1 Å². The Balaban J connectivity index is 1.21. The minimum atomic E-state index is -0.0851. The van der Waals surface area contributed by atoms with Crippen molar-refractivity contribution in [2.75, 3.05) is 6.54 Å². The fourth-order valence-corrected chi connectivity index (χ4v) is 5.55. The molecule has 0 unspecified atom stereocenters. The molecule has 6 rings (SSSR count). The third kappa shape index (κ3) is 6.95. The van der Waals surface area contributed by atoms with E-state index in [4.69, 9.17) is 0 Å².